The predicted molar refractivity (Wildman–Crippen MR) is 105 cm³/mol. The largest absolute Gasteiger partial charge is 0.497 e. The second-order valence-electron chi connectivity index (χ2n) is 6.08. The van der Waals surface area contributed by atoms with Crippen LogP contribution in [0, 0.1) is 0 Å². The van der Waals surface area contributed by atoms with Gasteiger partial charge in [0.05, 0.1) is 42.5 Å². The van der Waals surface area contributed by atoms with E-state index in [4.69, 9.17) is 9.47 Å². The summed E-state index contributed by atoms with van der Waals surface area (Å²) in [4.78, 5) is 28.1. The minimum absolute atomic E-state index is 0.0735. The number of nitrogens with zero attached hydrogens (tertiary/aromatic N) is 1. The number of ether oxygens (including phenoxy) is 2. The highest BCUT2D eigenvalue weighted by Crippen LogP contribution is 2.29. The van der Waals surface area contributed by atoms with Gasteiger partial charge < -0.3 is 14.8 Å². The summed E-state index contributed by atoms with van der Waals surface area (Å²) in [5, 5.41) is 3.04. The summed E-state index contributed by atoms with van der Waals surface area (Å²) in [6.07, 6.45) is -3.82. The molecule has 0 bridgehead atoms. The number of esters is 1. The fourth-order valence-corrected chi connectivity index (χ4v) is 3.16. The molecule has 0 radical (unpaired) electrons. The Morgan fingerprint density at radius 3 is 2.60 bits per heavy atom. The molecule has 1 heterocycles. The maximum atomic E-state index is 12.6. The van der Waals surface area contributed by atoms with Crippen molar-refractivity contribution in [3.8, 4) is 5.75 Å². The molecule has 1 atom stereocenters. The van der Waals surface area contributed by atoms with Gasteiger partial charge in [-0.2, -0.15) is 13.2 Å². The fraction of sp³-hybridized carbons (Fsp3) is 0.350. The molecule has 0 saturated carbocycles. The number of alkyl halides is 3. The second kappa shape index (κ2) is 10.9. The Balaban J connectivity index is 2.03. The van der Waals surface area contributed by atoms with Crippen LogP contribution in [0.3, 0.4) is 0 Å². The van der Waals surface area contributed by atoms with Crippen LogP contribution in [0.25, 0.3) is 0 Å². The molecule has 0 aliphatic carbocycles. The van der Waals surface area contributed by atoms with E-state index in [0.29, 0.717) is 11.3 Å². The van der Waals surface area contributed by atoms with E-state index in [0.717, 1.165) is 24.0 Å². The monoisotopic (exact) mass is 442 g/mol. The molecule has 0 aliphatic heterocycles. The highest BCUT2D eigenvalue weighted by Gasteiger charge is 2.30. The third-order valence-electron chi connectivity index (χ3n) is 3.92. The van der Waals surface area contributed by atoms with Crippen molar-refractivity contribution in [2.24, 2.45) is 0 Å². The van der Waals surface area contributed by atoms with Gasteiger partial charge in [-0.05, 0) is 36.8 Å². The lowest BCUT2D eigenvalue weighted by Crippen LogP contribution is -2.32. The first kappa shape index (κ1) is 23.5. The summed E-state index contributed by atoms with van der Waals surface area (Å²) in [5.41, 5.74) is -0.197. The van der Waals surface area contributed by atoms with Crippen molar-refractivity contribution in [3.05, 3.63) is 53.7 Å². The van der Waals surface area contributed by atoms with Crippen LogP contribution in [0.5, 0.6) is 5.75 Å². The first-order valence-corrected chi connectivity index (χ1v) is 9.96. The number of amides is 1. The number of rotatable bonds is 9. The number of methoxy groups -OCH3 is 1. The van der Waals surface area contributed by atoms with Gasteiger partial charge in [0.1, 0.15) is 5.75 Å². The molecule has 2 rings (SSSR count). The Hall–Kier alpha value is -2.75. The molecule has 30 heavy (non-hydrogen) atoms. The van der Waals surface area contributed by atoms with Crippen LogP contribution >= 0.6 is 11.8 Å². The molecule has 1 aromatic heterocycles. The molecule has 0 saturated heterocycles. The van der Waals surface area contributed by atoms with Crippen LogP contribution in [0.15, 0.2) is 47.6 Å². The molecule has 6 nitrogen and oxygen atoms in total. The highest BCUT2D eigenvalue weighted by molar-refractivity contribution is 7.99. The van der Waals surface area contributed by atoms with E-state index in [2.05, 4.69) is 10.3 Å². The number of thioether (sulfide) groups is 1. The number of benzene rings is 1. The number of carbonyl (C=O) groups excluding carboxylic acids is 2. The van der Waals surface area contributed by atoms with Gasteiger partial charge in [0.25, 0.3) is 0 Å². The number of hydrogen-bond donors (Lipinski definition) is 1. The molecule has 1 unspecified atom stereocenters. The normalized spacial score (nSPS) is 12.2. The number of carbonyl (C=O) groups is 2. The molecule has 1 amide bonds. The first-order chi connectivity index (χ1) is 14.2. The van der Waals surface area contributed by atoms with Crippen molar-refractivity contribution in [2.45, 2.75) is 30.6 Å². The smallest absolute Gasteiger partial charge is 0.417 e. The average Bonchev–Trinajstić information content (AvgIpc) is 2.71. The molecular formula is C20H21F3N2O4S. The molecular weight excluding hydrogens is 421 g/mol. The molecule has 2 aromatic rings. The van der Waals surface area contributed by atoms with Crippen LogP contribution in [-0.4, -0.2) is 36.3 Å². The van der Waals surface area contributed by atoms with Crippen molar-refractivity contribution < 1.29 is 32.2 Å². The van der Waals surface area contributed by atoms with E-state index in [1.165, 1.54) is 13.2 Å². The zero-order valence-corrected chi connectivity index (χ0v) is 17.2. The lowest BCUT2D eigenvalue weighted by Gasteiger charge is -2.19. The van der Waals surface area contributed by atoms with Crippen molar-refractivity contribution in [3.63, 3.8) is 0 Å². The minimum Gasteiger partial charge on any atom is -0.497 e. The van der Waals surface area contributed by atoms with Crippen LogP contribution in [-0.2, 0) is 20.5 Å². The summed E-state index contributed by atoms with van der Waals surface area (Å²) in [6.45, 7) is 1.90. The maximum Gasteiger partial charge on any atom is 0.417 e. The molecule has 0 aliphatic rings. The zero-order chi connectivity index (χ0) is 22.1. The second-order valence-corrected chi connectivity index (χ2v) is 7.07. The number of nitrogens with one attached hydrogen (secondary N) is 1. The Kier molecular flexibility index (Phi) is 8.52. The number of pyridine rings is 1. The summed E-state index contributed by atoms with van der Waals surface area (Å²) >= 11 is 0.990. The van der Waals surface area contributed by atoms with E-state index in [1.807, 2.05) is 0 Å². The van der Waals surface area contributed by atoms with Crippen molar-refractivity contribution in [2.75, 3.05) is 19.5 Å². The van der Waals surface area contributed by atoms with Crippen LogP contribution < -0.4 is 10.1 Å². The Morgan fingerprint density at radius 2 is 2.00 bits per heavy atom. The third-order valence-corrected chi connectivity index (χ3v) is 4.87. The van der Waals surface area contributed by atoms with Crippen LogP contribution in [0.2, 0.25) is 0 Å². The first-order valence-electron chi connectivity index (χ1n) is 8.98. The molecule has 1 N–H and O–H groups in total. The summed E-state index contributed by atoms with van der Waals surface area (Å²) in [5.74, 6) is -0.387. The van der Waals surface area contributed by atoms with Gasteiger partial charge in [-0.1, -0.05) is 23.9 Å². The lowest BCUT2D eigenvalue weighted by molar-refractivity contribution is -0.144. The van der Waals surface area contributed by atoms with E-state index in [9.17, 15) is 22.8 Å². The van der Waals surface area contributed by atoms with Gasteiger partial charge >= 0.3 is 12.1 Å². The van der Waals surface area contributed by atoms with Crippen LogP contribution in [0.4, 0.5) is 13.2 Å². The molecule has 0 fully saturated rings. The Morgan fingerprint density at radius 1 is 1.23 bits per heavy atom. The van der Waals surface area contributed by atoms with E-state index < -0.39 is 29.7 Å². The molecule has 162 valence electrons. The zero-order valence-electron chi connectivity index (χ0n) is 16.4. The Labute approximate surface area is 176 Å². The fourth-order valence-electron chi connectivity index (χ4n) is 2.51. The van der Waals surface area contributed by atoms with Gasteiger partial charge in [0, 0.05) is 6.20 Å². The number of hydrogen-bond acceptors (Lipinski definition) is 6. The summed E-state index contributed by atoms with van der Waals surface area (Å²) in [6, 6.07) is 8.39. The van der Waals surface area contributed by atoms with Crippen molar-refractivity contribution >= 4 is 23.6 Å². The summed E-state index contributed by atoms with van der Waals surface area (Å²) < 4.78 is 47.9. The van der Waals surface area contributed by atoms with Gasteiger partial charge in [-0.25, -0.2) is 4.98 Å². The molecule has 0 spiro atoms. The van der Waals surface area contributed by atoms with Crippen LogP contribution in [0.1, 0.15) is 30.5 Å². The third kappa shape index (κ3) is 7.25. The van der Waals surface area contributed by atoms with E-state index in [-0.39, 0.29) is 23.8 Å². The maximum absolute atomic E-state index is 12.6. The minimum atomic E-state index is -4.47. The highest BCUT2D eigenvalue weighted by atomic mass is 32.2. The van der Waals surface area contributed by atoms with Gasteiger partial charge in [-0.15, -0.1) is 0 Å². The summed E-state index contributed by atoms with van der Waals surface area (Å²) in [7, 11) is 1.51. The van der Waals surface area contributed by atoms with Crippen molar-refractivity contribution in [1.29, 1.82) is 0 Å². The topological polar surface area (TPSA) is 77.5 Å². The molecule has 10 heteroatoms. The molecule has 1 aromatic carbocycles. The predicted octanol–water partition coefficient (Wildman–Crippen LogP) is 4.01. The van der Waals surface area contributed by atoms with Gasteiger partial charge in [0.15, 0.2) is 0 Å². The SMILES string of the molecule is CCOC(=O)CC(NC(=O)CSc1ccc(C(F)(F)F)cn1)c1cccc(OC)c1. The average molecular weight is 442 g/mol. The van der Waals surface area contributed by atoms with Gasteiger partial charge in [-0.3, -0.25) is 9.59 Å². The standard InChI is InChI=1S/C20H21F3N2O4S/c1-3-29-19(27)10-16(13-5-4-6-15(9-13)28-2)25-17(26)12-30-18-8-7-14(11-24-18)20(21,22)23/h4-9,11,16H,3,10,12H2,1-2H3,(H,25,26). The van der Waals surface area contributed by atoms with Crippen molar-refractivity contribution in [1.82, 2.24) is 10.3 Å². The Bertz CT molecular complexity index is 860. The van der Waals surface area contributed by atoms with E-state index >= 15 is 0 Å². The number of halogens is 3. The lowest BCUT2D eigenvalue weighted by atomic mass is 10.0. The van der Waals surface area contributed by atoms with E-state index in [1.54, 1.807) is 31.2 Å². The number of aromatic nitrogens is 1. The quantitative estimate of drug-likeness (QED) is 0.467. The van der Waals surface area contributed by atoms with Gasteiger partial charge in [0.2, 0.25) is 5.91 Å².